The van der Waals surface area contributed by atoms with Crippen LogP contribution in [0, 0.1) is 5.92 Å². The number of hydrogen-bond acceptors (Lipinski definition) is 1. The molecule has 0 aromatic carbocycles. The number of alkyl halides is 1. The van der Waals surface area contributed by atoms with Crippen molar-refractivity contribution in [3.05, 3.63) is 0 Å². The Morgan fingerprint density at radius 2 is 2.25 bits per heavy atom. The third-order valence-corrected chi connectivity index (χ3v) is 2.80. The SMILES string of the molecule is C[C@H]1CCN(C(=O)CCl)[C@H](C)C1. The largest absolute Gasteiger partial charge is 0.339 e. The van der Waals surface area contributed by atoms with Crippen molar-refractivity contribution in [2.45, 2.75) is 32.7 Å². The molecule has 0 spiro atoms. The molecule has 1 heterocycles. The number of carbonyl (C=O) groups is 1. The monoisotopic (exact) mass is 189 g/mol. The van der Waals surface area contributed by atoms with E-state index in [0.29, 0.717) is 6.04 Å². The Morgan fingerprint density at radius 1 is 1.58 bits per heavy atom. The maximum Gasteiger partial charge on any atom is 0.237 e. The summed E-state index contributed by atoms with van der Waals surface area (Å²) in [6.07, 6.45) is 2.23. The first kappa shape index (κ1) is 9.85. The normalized spacial score (nSPS) is 30.4. The van der Waals surface area contributed by atoms with Gasteiger partial charge in [-0.25, -0.2) is 0 Å². The lowest BCUT2D eigenvalue weighted by Crippen LogP contribution is -2.44. The van der Waals surface area contributed by atoms with Crippen molar-refractivity contribution < 1.29 is 4.79 Å². The van der Waals surface area contributed by atoms with Gasteiger partial charge in [-0.3, -0.25) is 4.79 Å². The second kappa shape index (κ2) is 4.13. The lowest BCUT2D eigenvalue weighted by Gasteiger charge is -2.36. The number of nitrogens with zero attached hydrogens (tertiary/aromatic N) is 1. The number of halogens is 1. The van der Waals surface area contributed by atoms with Gasteiger partial charge in [-0.05, 0) is 25.7 Å². The van der Waals surface area contributed by atoms with E-state index in [1.165, 1.54) is 0 Å². The van der Waals surface area contributed by atoms with Crippen LogP contribution in [0.2, 0.25) is 0 Å². The molecular weight excluding hydrogens is 174 g/mol. The van der Waals surface area contributed by atoms with E-state index in [1.807, 2.05) is 4.90 Å². The van der Waals surface area contributed by atoms with Gasteiger partial charge in [0.15, 0.2) is 0 Å². The van der Waals surface area contributed by atoms with Crippen molar-refractivity contribution in [2.24, 2.45) is 5.92 Å². The van der Waals surface area contributed by atoms with Crippen LogP contribution < -0.4 is 0 Å². The van der Waals surface area contributed by atoms with Crippen LogP contribution in [-0.4, -0.2) is 29.3 Å². The molecule has 3 heteroatoms. The van der Waals surface area contributed by atoms with Gasteiger partial charge < -0.3 is 4.90 Å². The van der Waals surface area contributed by atoms with E-state index in [4.69, 9.17) is 11.6 Å². The van der Waals surface area contributed by atoms with Crippen molar-refractivity contribution in [2.75, 3.05) is 12.4 Å². The highest BCUT2D eigenvalue weighted by atomic mass is 35.5. The molecule has 1 amide bonds. The summed E-state index contributed by atoms with van der Waals surface area (Å²) in [6, 6.07) is 0.375. The van der Waals surface area contributed by atoms with Crippen molar-refractivity contribution in [1.29, 1.82) is 0 Å². The fraction of sp³-hybridized carbons (Fsp3) is 0.889. The molecule has 2 nitrogen and oxygen atoms in total. The average molecular weight is 190 g/mol. The van der Waals surface area contributed by atoms with Crippen LogP contribution in [0.3, 0.4) is 0 Å². The highest BCUT2D eigenvalue weighted by Crippen LogP contribution is 2.22. The standard InChI is InChI=1S/C9H16ClNO/c1-7-3-4-11(8(2)5-7)9(12)6-10/h7-8H,3-6H2,1-2H3/t7-,8+/m0/s1. The Bertz CT molecular complexity index is 172. The molecule has 1 aliphatic rings. The van der Waals surface area contributed by atoms with Gasteiger partial charge in [0.25, 0.3) is 0 Å². The Balaban J connectivity index is 2.50. The molecule has 70 valence electrons. The molecule has 1 rings (SSSR count). The smallest absolute Gasteiger partial charge is 0.237 e. The van der Waals surface area contributed by atoms with Crippen molar-refractivity contribution in [3.63, 3.8) is 0 Å². The summed E-state index contributed by atoms with van der Waals surface area (Å²) in [5.74, 6) is 0.953. The summed E-state index contributed by atoms with van der Waals surface area (Å²) < 4.78 is 0. The summed E-state index contributed by atoms with van der Waals surface area (Å²) in [7, 11) is 0. The molecule has 0 saturated carbocycles. The van der Waals surface area contributed by atoms with Gasteiger partial charge >= 0.3 is 0 Å². The summed E-state index contributed by atoms with van der Waals surface area (Å²) in [5, 5.41) is 0. The van der Waals surface area contributed by atoms with E-state index >= 15 is 0 Å². The molecular formula is C9H16ClNO. The Labute approximate surface area is 78.9 Å². The third kappa shape index (κ3) is 2.13. The minimum atomic E-state index is 0.0797. The lowest BCUT2D eigenvalue weighted by atomic mass is 9.93. The molecule has 0 unspecified atom stereocenters. The number of likely N-dealkylation sites (tertiary alicyclic amines) is 1. The predicted molar refractivity (Wildman–Crippen MR) is 50.3 cm³/mol. The number of hydrogen-bond donors (Lipinski definition) is 0. The van der Waals surface area contributed by atoms with E-state index in [2.05, 4.69) is 13.8 Å². The van der Waals surface area contributed by atoms with Crippen LogP contribution in [0.25, 0.3) is 0 Å². The minimum absolute atomic E-state index is 0.0797. The van der Waals surface area contributed by atoms with E-state index in [9.17, 15) is 4.79 Å². The van der Waals surface area contributed by atoms with Gasteiger partial charge in [0.1, 0.15) is 5.88 Å². The van der Waals surface area contributed by atoms with Gasteiger partial charge in [-0.15, -0.1) is 11.6 Å². The van der Waals surface area contributed by atoms with Crippen molar-refractivity contribution >= 4 is 17.5 Å². The van der Waals surface area contributed by atoms with Crippen LogP contribution in [0.4, 0.5) is 0 Å². The van der Waals surface area contributed by atoms with Crippen LogP contribution in [0.5, 0.6) is 0 Å². The zero-order valence-electron chi connectivity index (χ0n) is 7.72. The fourth-order valence-electron chi connectivity index (χ4n) is 1.85. The van der Waals surface area contributed by atoms with Crippen LogP contribution in [0.1, 0.15) is 26.7 Å². The van der Waals surface area contributed by atoms with E-state index in [1.54, 1.807) is 0 Å². The highest BCUT2D eigenvalue weighted by molar-refractivity contribution is 6.27. The predicted octanol–water partition coefficient (Wildman–Crippen LogP) is 1.87. The molecule has 0 aromatic rings. The maximum absolute atomic E-state index is 11.3. The summed E-state index contributed by atoms with van der Waals surface area (Å²) in [6.45, 7) is 5.22. The van der Waals surface area contributed by atoms with E-state index < -0.39 is 0 Å². The molecule has 12 heavy (non-hydrogen) atoms. The minimum Gasteiger partial charge on any atom is -0.339 e. The van der Waals surface area contributed by atoms with Gasteiger partial charge in [-0.2, -0.15) is 0 Å². The summed E-state index contributed by atoms with van der Waals surface area (Å²) >= 11 is 5.50. The van der Waals surface area contributed by atoms with Gasteiger partial charge in [0.2, 0.25) is 5.91 Å². The van der Waals surface area contributed by atoms with E-state index in [0.717, 1.165) is 25.3 Å². The number of amides is 1. The van der Waals surface area contributed by atoms with Gasteiger partial charge in [-0.1, -0.05) is 6.92 Å². The lowest BCUT2D eigenvalue weighted by molar-refractivity contribution is -0.132. The van der Waals surface area contributed by atoms with E-state index in [-0.39, 0.29) is 11.8 Å². The fourth-order valence-corrected chi connectivity index (χ4v) is 2.01. The number of piperidine rings is 1. The molecule has 1 aliphatic heterocycles. The first-order valence-corrected chi connectivity index (χ1v) is 5.04. The van der Waals surface area contributed by atoms with Crippen LogP contribution >= 0.6 is 11.6 Å². The zero-order valence-corrected chi connectivity index (χ0v) is 8.47. The van der Waals surface area contributed by atoms with Crippen LogP contribution in [0.15, 0.2) is 0 Å². The number of carbonyl (C=O) groups excluding carboxylic acids is 1. The molecule has 0 aliphatic carbocycles. The Morgan fingerprint density at radius 3 is 2.75 bits per heavy atom. The van der Waals surface area contributed by atoms with Crippen molar-refractivity contribution in [3.8, 4) is 0 Å². The van der Waals surface area contributed by atoms with Gasteiger partial charge in [0, 0.05) is 12.6 Å². The Kier molecular flexibility index (Phi) is 3.39. The zero-order chi connectivity index (χ0) is 9.14. The first-order chi connectivity index (χ1) is 5.65. The Hall–Kier alpha value is -0.240. The quantitative estimate of drug-likeness (QED) is 0.577. The molecule has 0 aromatic heterocycles. The topological polar surface area (TPSA) is 20.3 Å². The van der Waals surface area contributed by atoms with Crippen molar-refractivity contribution in [1.82, 2.24) is 4.90 Å². The number of rotatable bonds is 1. The molecule has 1 fully saturated rings. The second-order valence-corrected chi connectivity index (χ2v) is 3.97. The van der Waals surface area contributed by atoms with Gasteiger partial charge in [0.05, 0.1) is 0 Å². The first-order valence-electron chi connectivity index (χ1n) is 4.50. The summed E-state index contributed by atoms with van der Waals surface area (Å²) in [5.41, 5.74) is 0. The second-order valence-electron chi connectivity index (χ2n) is 3.70. The maximum atomic E-state index is 11.3. The molecule has 0 bridgehead atoms. The molecule has 2 atom stereocenters. The molecule has 1 saturated heterocycles. The highest BCUT2D eigenvalue weighted by Gasteiger charge is 2.25. The summed E-state index contributed by atoms with van der Waals surface area (Å²) in [4.78, 5) is 13.2. The molecule has 0 N–H and O–H groups in total. The molecule has 0 radical (unpaired) electrons. The third-order valence-electron chi connectivity index (χ3n) is 2.57. The van der Waals surface area contributed by atoms with Crippen LogP contribution in [-0.2, 0) is 4.79 Å². The average Bonchev–Trinajstić information content (AvgIpc) is 2.03.